The highest BCUT2D eigenvalue weighted by molar-refractivity contribution is 5.79. The zero-order valence-corrected chi connectivity index (χ0v) is 12.1. The second kappa shape index (κ2) is 4.43. The van der Waals surface area contributed by atoms with Crippen LogP contribution in [0.4, 0.5) is 0 Å². The minimum Gasteiger partial charge on any atom is -0.338 e. The van der Waals surface area contributed by atoms with Crippen LogP contribution in [0.2, 0.25) is 0 Å². The van der Waals surface area contributed by atoms with E-state index in [1.165, 1.54) is 6.42 Å². The first-order valence-corrected chi connectivity index (χ1v) is 7.51. The molecule has 3 N–H and O–H groups in total. The van der Waals surface area contributed by atoms with Crippen LogP contribution in [0.3, 0.4) is 0 Å². The fourth-order valence-corrected chi connectivity index (χ4v) is 3.08. The van der Waals surface area contributed by atoms with Crippen LogP contribution in [0.15, 0.2) is 30.5 Å². The van der Waals surface area contributed by atoms with E-state index < -0.39 is 0 Å². The first kappa shape index (κ1) is 12.6. The fourth-order valence-electron chi connectivity index (χ4n) is 3.08. The van der Waals surface area contributed by atoms with E-state index in [4.69, 9.17) is 10.7 Å². The number of fused-ring (bicyclic) bond motifs is 1. The van der Waals surface area contributed by atoms with Crippen LogP contribution in [0.1, 0.15) is 32.0 Å². The van der Waals surface area contributed by atoms with Crippen molar-refractivity contribution in [3.63, 3.8) is 0 Å². The number of H-pyrrole nitrogens is 1. The molecule has 5 heteroatoms. The molecule has 21 heavy (non-hydrogen) atoms. The van der Waals surface area contributed by atoms with Gasteiger partial charge in [-0.05, 0) is 38.3 Å². The van der Waals surface area contributed by atoms with Crippen molar-refractivity contribution < 1.29 is 0 Å². The first-order valence-electron chi connectivity index (χ1n) is 7.51. The lowest BCUT2D eigenvalue weighted by Gasteiger charge is -2.35. The van der Waals surface area contributed by atoms with E-state index in [2.05, 4.69) is 27.5 Å². The molecule has 1 saturated carbocycles. The molecule has 3 aromatic rings. The predicted octanol–water partition coefficient (Wildman–Crippen LogP) is 2.78. The molecular formula is C16H19N5. The quantitative estimate of drug-likeness (QED) is 0.775. The molecule has 5 nitrogen and oxygen atoms in total. The lowest BCUT2D eigenvalue weighted by Crippen LogP contribution is -2.44. The number of nitrogens with one attached hydrogen (secondary N) is 1. The van der Waals surface area contributed by atoms with Crippen molar-refractivity contribution in [2.24, 2.45) is 5.73 Å². The summed E-state index contributed by atoms with van der Waals surface area (Å²) in [4.78, 5) is 12.6. The van der Waals surface area contributed by atoms with Gasteiger partial charge in [-0.3, -0.25) is 0 Å². The zero-order chi connectivity index (χ0) is 14.4. The average Bonchev–Trinajstić information content (AvgIpc) is 3.08. The molecule has 0 atom stereocenters. The van der Waals surface area contributed by atoms with Crippen molar-refractivity contribution in [2.75, 3.05) is 0 Å². The number of nitrogens with zero attached hydrogens (tertiary/aromatic N) is 3. The van der Waals surface area contributed by atoms with Gasteiger partial charge in [0.2, 0.25) is 0 Å². The molecule has 0 aliphatic heterocycles. The van der Waals surface area contributed by atoms with Gasteiger partial charge >= 0.3 is 0 Å². The highest BCUT2D eigenvalue weighted by atomic mass is 15.1. The Balaban J connectivity index is 1.83. The Morgan fingerprint density at radius 2 is 2.14 bits per heavy atom. The highest BCUT2D eigenvalue weighted by Crippen LogP contribution is 2.37. The summed E-state index contributed by atoms with van der Waals surface area (Å²) in [6, 6.07) is 8.20. The number of hydrogen-bond donors (Lipinski definition) is 2. The summed E-state index contributed by atoms with van der Waals surface area (Å²) in [5, 5.41) is 0. The van der Waals surface area contributed by atoms with E-state index in [1.54, 1.807) is 0 Å². The molecule has 0 bridgehead atoms. The summed E-state index contributed by atoms with van der Waals surface area (Å²) in [5.74, 6) is 1.82. The molecular weight excluding hydrogens is 262 g/mol. The molecule has 0 saturated heterocycles. The first-order chi connectivity index (χ1) is 10.2. The van der Waals surface area contributed by atoms with Crippen LogP contribution in [0.25, 0.3) is 22.6 Å². The summed E-state index contributed by atoms with van der Waals surface area (Å²) in [7, 11) is 0. The molecule has 1 aliphatic carbocycles. The van der Waals surface area contributed by atoms with Gasteiger partial charge in [0.25, 0.3) is 0 Å². The molecule has 2 heterocycles. The molecule has 2 aromatic heterocycles. The molecule has 0 radical (unpaired) electrons. The Hall–Kier alpha value is -2.14. The maximum absolute atomic E-state index is 6.34. The Morgan fingerprint density at radius 1 is 1.33 bits per heavy atom. The Kier molecular flexibility index (Phi) is 2.65. The van der Waals surface area contributed by atoms with Crippen molar-refractivity contribution >= 4 is 11.0 Å². The van der Waals surface area contributed by atoms with E-state index in [0.717, 1.165) is 47.8 Å². The fraction of sp³-hybridized carbons (Fsp3) is 0.375. The molecule has 1 fully saturated rings. The van der Waals surface area contributed by atoms with Gasteiger partial charge < -0.3 is 15.3 Å². The minimum atomic E-state index is -0.263. The van der Waals surface area contributed by atoms with Gasteiger partial charge in [-0.25, -0.2) is 9.97 Å². The number of para-hydroxylation sites is 2. The maximum Gasteiger partial charge on any atom is 0.159 e. The van der Waals surface area contributed by atoms with E-state index >= 15 is 0 Å². The molecule has 4 rings (SSSR count). The summed E-state index contributed by atoms with van der Waals surface area (Å²) in [5.41, 5.74) is 9.18. The topological polar surface area (TPSA) is 72.5 Å². The maximum atomic E-state index is 6.34. The van der Waals surface area contributed by atoms with Crippen LogP contribution >= 0.6 is 0 Å². The zero-order valence-electron chi connectivity index (χ0n) is 12.1. The van der Waals surface area contributed by atoms with Crippen LogP contribution in [-0.2, 0) is 12.1 Å². The third-order valence-corrected chi connectivity index (χ3v) is 4.50. The van der Waals surface area contributed by atoms with Crippen LogP contribution in [0, 0.1) is 0 Å². The number of nitrogens with two attached hydrogens (primary N) is 1. The van der Waals surface area contributed by atoms with Gasteiger partial charge in [0.15, 0.2) is 5.82 Å². The molecule has 0 amide bonds. The molecule has 0 unspecified atom stereocenters. The lowest BCUT2D eigenvalue weighted by molar-refractivity contribution is 0.240. The van der Waals surface area contributed by atoms with Gasteiger partial charge in [-0.2, -0.15) is 0 Å². The Bertz CT molecular complexity index is 794. The molecule has 0 spiro atoms. The van der Waals surface area contributed by atoms with Crippen molar-refractivity contribution in [3.8, 4) is 11.5 Å². The van der Waals surface area contributed by atoms with Gasteiger partial charge in [-0.15, -0.1) is 0 Å². The van der Waals surface area contributed by atoms with Crippen LogP contribution in [0.5, 0.6) is 0 Å². The van der Waals surface area contributed by atoms with Gasteiger partial charge in [0, 0.05) is 6.54 Å². The Morgan fingerprint density at radius 3 is 2.86 bits per heavy atom. The number of aromatic nitrogens is 4. The standard InChI is InChI=1S/C16H19N5/c1-2-21-13-7-4-3-6-11(13)19-14(21)12-10-18-15(20-12)16(17)8-5-9-16/h3-4,6-7,10H,2,5,8-9,17H2,1H3,(H,18,20). The van der Waals surface area contributed by atoms with Gasteiger partial charge in [0.1, 0.15) is 11.5 Å². The number of hydrogen-bond acceptors (Lipinski definition) is 3. The van der Waals surface area contributed by atoms with E-state index in [9.17, 15) is 0 Å². The number of aryl methyl sites for hydroxylation is 1. The third-order valence-electron chi connectivity index (χ3n) is 4.50. The van der Waals surface area contributed by atoms with Gasteiger partial charge in [-0.1, -0.05) is 12.1 Å². The molecule has 1 aliphatic rings. The Labute approximate surface area is 123 Å². The number of imidazole rings is 2. The minimum absolute atomic E-state index is 0.263. The summed E-state index contributed by atoms with van der Waals surface area (Å²) in [6.45, 7) is 3.00. The van der Waals surface area contributed by atoms with Crippen molar-refractivity contribution in [1.29, 1.82) is 0 Å². The van der Waals surface area contributed by atoms with Crippen molar-refractivity contribution in [2.45, 2.75) is 38.3 Å². The number of benzene rings is 1. The highest BCUT2D eigenvalue weighted by Gasteiger charge is 2.37. The summed E-state index contributed by atoms with van der Waals surface area (Å²) < 4.78 is 2.20. The lowest BCUT2D eigenvalue weighted by atomic mass is 9.77. The second-order valence-corrected chi connectivity index (χ2v) is 5.82. The average molecular weight is 281 g/mol. The monoisotopic (exact) mass is 281 g/mol. The molecule has 108 valence electrons. The number of aromatic amines is 1. The second-order valence-electron chi connectivity index (χ2n) is 5.82. The normalized spacial score (nSPS) is 17.0. The van der Waals surface area contributed by atoms with Crippen molar-refractivity contribution in [3.05, 3.63) is 36.3 Å². The number of rotatable bonds is 3. The van der Waals surface area contributed by atoms with E-state index in [1.807, 2.05) is 24.4 Å². The van der Waals surface area contributed by atoms with Crippen molar-refractivity contribution in [1.82, 2.24) is 19.5 Å². The van der Waals surface area contributed by atoms with Crippen LogP contribution < -0.4 is 5.73 Å². The van der Waals surface area contributed by atoms with Gasteiger partial charge in [0.05, 0.1) is 22.8 Å². The van der Waals surface area contributed by atoms with E-state index in [0.29, 0.717) is 0 Å². The molecule has 1 aromatic carbocycles. The summed E-state index contributed by atoms with van der Waals surface area (Å²) >= 11 is 0. The van der Waals surface area contributed by atoms with E-state index in [-0.39, 0.29) is 5.54 Å². The third kappa shape index (κ3) is 1.81. The SMILES string of the molecule is CCn1c(-c2cnc(C3(N)CCC3)[nH]2)nc2ccccc21. The smallest absolute Gasteiger partial charge is 0.159 e. The predicted molar refractivity (Wildman–Crippen MR) is 82.7 cm³/mol. The summed E-state index contributed by atoms with van der Waals surface area (Å²) in [6.07, 6.45) is 5.05. The largest absolute Gasteiger partial charge is 0.338 e. The van der Waals surface area contributed by atoms with Crippen LogP contribution in [-0.4, -0.2) is 19.5 Å².